The zero-order chi connectivity index (χ0) is 16.1. The first-order chi connectivity index (χ1) is 10.5. The summed E-state index contributed by atoms with van der Waals surface area (Å²) in [7, 11) is 4.00. The Balaban J connectivity index is 2.09. The van der Waals surface area contributed by atoms with Gasteiger partial charge in [-0.25, -0.2) is 4.98 Å². The minimum Gasteiger partial charge on any atom is -0.489 e. The molecule has 5 heteroatoms. The summed E-state index contributed by atoms with van der Waals surface area (Å²) < 4.78 is 5.80. The van der Waals surface area contributed by atoms with E-state index in [-0.39, 0.29) is 17.0 Å². The molecule has 1 heterocycles. The smallest absolute Gasteiger partial charge is 0.196 e. The molecule has 0 spiro atoms. The van der Waals surface area contributed by atoms with Gasteiger partial charge in [0, 0.05) is 18.3 Å². The molecule has 1 aromatic heterocycles. The largest absolute Gasteiger partial charge is 0.489 e. The third-order valence-electron chi connectivity index (χ3n) is 3.08. The Morgan fingerprint density at radius 3 is 2.55 bits per heavy atom. The number of pyridine rings is 1. The number of ether oxygens (including phenoxy) is 1. The summed E-state index contributed by atoms with van der Waals surface area (Å²) in [6.45, 7) is 2.83. The molecule has 0 saturated carbocycles. The number of ketones is 1. The van der Waals surface area contributed by atoms with E-state index in [9.17, 15) is 4.79 Å². The SMILES string of the molecule is CC(CN(C)C)Oc1ccc(C(=O)c2cccnc2Cl)cc1. The number of nitrogens with zero attached hydrogens (tertiary/aromatic N) is 2. The van der Waals surface area contributed by atoms with Crippen molar-refractivity contribution in [1.82, 2.24) is 9.88 Å². The highest BCUT2D eigenvalue weighted by atomic mass is 35.5. The average Bonchev–Trinajstić information content (AvgIpc) is 2.47. The van der Waals surface area contributed by atoms with E-state index in [1.807, 2.05) is 21.0 Å². The van der Waals surface area contributed by atoms with Gasteiger partial charge in [-0.05, 0) is 57.4 Å². The van der Waals surface area contributed by atoms with E-state index in [1.165, 1.54) is 0 Å². The highest BCUT2D eigenvalue weighted by molar-refractivity contribution is 6.33. The Morgan fingerprint density at radius 2 is 1.95 bits per heavy atom. The van der Waals surface area contributed by atoms with Gasteiger partial charge in [0.25, 0.3) is 0 Å². The molecule has 0 N–H and O–H groups in total. The molecule has 2 aromatic rings. The van der Waals surface area contributed by atoms with Crippen LogP contribution in [0, 0.1) is 0 Å². The summed E-state index contributed by atoms with van der Waals surface area (Å²) in [5.74, 6) is 0.592. The fraction of sp³-hybridized carbons (Fsp3) is 0.294. The van der Waals surface area contributed by atoms with Crippen LogP contribution in [0.1, 0.15) is 22.8 Å². The normalized spacial score (nSPS) is 12.2. The molecule has 2 rings (SSSR count). The monoisotopic (exact) mass is 318 g/mol. The fourth-order valence-electron chi connectivity index (χ4n) is 2.18. The first-order valence-electron chi connectivity index (χ1n) is 7.04. The highest BCUT2D eigenvalue weighted by Gasteiger charge is 2.13. The lowest BCUT2D eigenvalue weighted by atomic mass is 10.1. The predicted octanol–water partition coefficient (Wildman–Crippen LogP) is 3.29. The van der Waals surface area contributed by atoms with E-state index in [0.717, 1.165) is 12.3 Å². The third-order valence-corrected chi connectivity index (χ3v) is 3.38. The van der Waals surface area contributed by atoms with Crippen molar-refractivity contribution < 1.29 is 9.53 Å². The molecular weight excluding hydrogens is 300 g/mol. The summed E-state index contributed by atoms with van der Waals surface area (Å²) in [6, 6.07) is 10.4. The third kappa shape index (κ3) is 4.29. The van der Waals surface area contributed by atoms with E-state index < -0.39 is 0 Å². The Hall–Kier alpha value is -1.91. The molecule has 0 bridgehead atoms. The van der Waals surface area contributed by atoms with Crippen LogP contribution in [0.5, 0.6) is 5.75 Å². The number of hydrogen-bond acceptors (Lipinski definition) is 4. The molecule has 1 aromatic carbocycles. The maximum absolute atomic E-state index is 12.4. The molecule has 1 unspecified atom stereocenters. The number of hydrogen-bond donors (Lipinski definition) is 0. The van der Waals surface area contributed by atoms with Gasteiger partial charge in [0.05, 0.1) is 5.56 Å². The maximum Gasteiger partial charge on any atom is 0.196 e. The first kappa shape index (κ1) is 16.5. The van der Waals surface area contributed by atoms with Crippen LogP contribution < -0.4 is 4.74 Å². The van der Waals surface area contributed by atoms with Gasteiger partial charge < -0.3 is 9.64 Å². The van der Waals surface area contributed by atoms with Crippen molar-refractivity contribution in [3.63, 3.8) is 0 Å². The second-order valence-corrected chi connectivity index (χ2v) is 5.74. The minimum absolute atomic E-state index is 0.0734. The Morgan fingerprint density at radius 1 is 1.27 bits per heavy atom. The average molecular weight is 319 g/mol. The van der Waals surface area contributed by atoms with Gasteiger partial charge in [0.2, 0.25) is 0 Å². The molecule has 0 amide bonds. The highest BCUT2D eigenvalue weighted by Crippen LogP contribution is 2.19. The molecule has 4 nitrogen and oxygen atoms in total. The van der Waals surface area contributed by atoms with Gasteiger partial charge in [0.15, 0.2) is 5.78 Å². The Labute approximate surface area is 135 Å². The van der Waals surface area contributed by atoms with Crippen molar-refractivity contribution in [3.8, 4) is 5.75 Å². The molecule has 22 heavy (non-hydrogen) atoms. The number of benzene rings is 1. The van der Waals surface area contributed by atoms with Gasteiger partial charge in [-0.1, -0.05) is 11.6 Å². The lowest BCUT2D eigenvalue weighted by Crippen LogP contribution is -2.27. The van der Waals surface area contributed by atoms with E-state index in [0.29, 0.717) is 11.1 Å². The van der Waals surface area contributed by atoms with Crippen LogP contribution in [0.3, 0.4) is 0 Å². The number of likely N-dealkylation sites (N-methyl/N-ethyl adjacent to an activating group) is 1. The Bertz CT molecular complexity index is 641. The molecule has 0 saturated heterocycles. The van der Waals surface area contributed by atoms with Crippen molar-refractivity contribution in [2.24, 2.45) is 0 Å². The first-order valence-corrected chi connectivity index (χ1v) is 7.42. The van der Waals surface area contributed by atoms with Crippen molar-refractivity contribution >= 4 is 17.4 Å². The topological polar surface area (TPSA) is 42.4 Å². The summed E-state index contributed by atoms with van der Waals surface area (Å²) >= 11 is 5.96. The standard InChI is InChI=1S/C17H19ClN2O2/c1-12(11-20(2)3)22-14-8-6-13(7-9-14)16(21)15-5-4-10-19-17(15)18/h4-10,12H,11H2,1-3H3. The van der Waals surface area contributed by atoms with E-state index >= 15 is 0 Å². The van der Waals surface area contributed by atoms with Gasteiger partial charge in [-0.15, -0.1) is 0 Å². The molecule has 0 radical (unpaired) electrons. The number of carbonyl (C=O) groups is 1. The van der Waals surface area contributed by atoms with Crippen LogP contribution in [0.25, 0.3) is 0 Å². The van der Waals surface area contributed by atoms with Crippen LogP contribution >= 0.6 is 11.6 Å². The van der Waals surface area contributed by atoms with Crippen molar-refractivity contribution in [2.75, 3.05) is 20.6 Å². The van der Waals surface area contributed by atoms with Crippen molar-refractivity contribution in [2.45, 2.75) is 13.0 Å². The van der Waals surface area contributed by atoms with Crippen molar-refractivity contribution in [1.29, 1.82) is 0 Å². The summed E-state index contributed by atoms with van der Waals surface area (Å²) in [5, 5.41) is 0.215. The number of rotatable bonds is 6. The van der Waals surface area contributed by atoms with E-state index in [1.54, 1.807) is 42.6 Å². The second kappa shape index (κ2) is 7.38. The fourth-order valence-corrected chi connectivity index (χ4v) is 2.38. The number of halogens is 1. The van der Waals surface area contributed by atoms with Gasteiger partial charge in [0.1, 0.15) is 17.0 Å². The van der Waals surface area contributed by atoms with Crippen LogP contribution in [0.4, 0.5) is 0 Å². The number of carbonyl (C=O) groups excluding carboxylic acids is 1. The van der Waals surface area contributed by atoms with Gasteiger partial charge in [-0.3, -0.25) is 4.79 Å². The molecule has 0 aliphatic rings. The predicted molar refractivity (Wildman–Crippen MR) is 87.8 cm³/mol. The maximum atomic E-state index is 12.4. The van der Waals surface area contributed by atoms with Crippen LogP contribution in [0.2, 0.25) is 5.15 Å². The second-order valence-electron chi connectivity index (χ2n) is 5.39. The molecule has 0 fully saturated rings. The van der Waals surface area contributed by atoms with E-state index in [2.05, 4.69) is 9.88 Å². The zero-order valence-electron chi connectivity index (χ0n) is 12.9. The quantitative estimate of drug-likeness (QED) is 0.605. The van der Waals surface area contributed by atoms with Crippen molar-refractivity contribution in [3.05, 3.63) is 58.9 Å². The molecule has 116 valence electrons. The molecule has 1 atom stereocenters. The Kier molecular flexibility index (Phi) is 5.52. The minimum atomic E-state index is -0.147. The zero-order valence-corrected chi connectivity index (χ0v) is 13.7. The van der Waals surface area contributed by atoms with Gasteiger partial charge >= 0.3 is 0 Å². The summed E-state index contributed by atoms with van der Waals surface area (Å²) in [4.78, 5) is 18.4. The molecular formula is C17H19ClN2O2. The van der Waals surface area contributed by atoms with Crippen LogP contribution in [0.15, 0.2) is 42.6 Å². The molecule has 0 aliphatic heterocycles. The van der Waals surface area contributed by atoms with Crippen LogP contribution in [-0.4, -0.2) is 42.4 Å². The molecule has 0 aliphatic carbocycles. The lowest BCUT2D eigenvalue weighted by Gasteiger charge is -2.18. The lowest BCUT2D eigenvalue weighted by molar-refractivity contribution is 0.103. The summed E-state index contributed by atoms with van der Waals surface area (Å²) in [5.41, 5.74) is 0.960. The van der Waals surface area contributed by atoms with Gasteiger partial charge in [-0.2, -0.15) is 0 Å². The van der Waals surface area contributed by atoms with Crippen LogP contribution in [-0.2, 0) is 0 Å². The summed E-state index contributed by atoms with van der Waals surface area (Å²) in [6.07, 6.45) is 1.63. The number of aromatic nitrogens is 1. The van der Waals surface area contributed by atoms with E-state index in [4.69, 9.17) is 16.3 Å².